The smallest absolute Gasteiger partial charge is 0.258 e. The fourth-order valence-electron chi connectivity index (χ4n) is 1.59. The molecule has 0 unspecified atom stereocenters. The van der Waals surface area contributed by atoms with Crippen molar-refractivity contribution in [2.45, 2.75) is 10.1 Å². The summed E-state index contributed by atoms with van der Waals surface area (Å²) in [5, 5.41) is 8.09. The van der Waals surface area contributed by atoms with Crippen molar-refractivity contribution in [2.24, 2.45) is 0 Å². The molecule has 0 aliphatic carbocycles. The Hall–Kier alpha value is -1.93. The van der Waals surface area contributed by atoms with Crippen molar-refractivity contribution in [1.29, 1.82) is 0 Å². The topological polar surface area (TPSA) is 86.2 Å². The molecule has 0 bridgehead atoms. The van der Waals surface area contributed by atoms with Crippen LogP contribution in [0.5, 0.6) is 0 Å². The van der Waals surface area contributed by atoms with Crippen molar-refractivity contribution in [1.82, 2.24) is 19.6 Å². The number of anilines is 1. The van der Waals surface area contributed by atoms with Crippen molar-refractivity contribution in [3.05, 3.63) is 46.5 Å². The molecule has 0 amide bonds. The summed E-state index contributed by atoms with van der Waals surface area (Å²) in [5.74, 6) is 0.565. The lowest BCUT2D eigenvalue weighted by molar-refractivity contribution is 1.00. The maximum atomic E-state index is 11.9. The molecule has 3 heterocycles. The number of rotatable bonds is 3. The van der Waals surface area contributed by atoms with E-state index < -0.39 is 0 Å². The minimum absolute atomic E-state index is 0.0852. The quantitative estimate of drug-likeness (QED) is 0.734. The number of thioether (sulfide) groups is 1. The van der Waals surface area contributed by atoms with Crippen LogP contribution in [-0.2, 0) is 5.75 Å². The summed E-state index contributed by atoms with van der Waals surface area (Å²) in [7, 11) is 0. The van der Waals surface area contributed by atoms with Crippen molar-refractivity contribution >= 4 is 33.9 Å². The van der Waals surface area contributed by atoms with Gasteiger partial charge in [0.05, 0.1) is 5.69 Å². The SMILES string of the molecule is Nc1nnc(SCc2cc(=O)n3ccccc3n2)s1. The van der Waals surface area contributed by atoms with E-state index in [2.05, 4.69) is 15.2 Å². The molecule has 0 saturated heterocycles. The molecule has 3 aromatic rings. The van der Waals surface area contributed by atoms with Crippen LogP contribution in [0.25, 0.3) is 5.65 Å². The Morgan fingerprint density at radius 3 is 3.05 bits per heavy atom. The van der Waals surface area contributed by atoms with Crippen molar-refractivity contribution in [2.75, 3.05) is 5.73 Å². The Kier molecular flexibility index (Phi) is 3.18. The van der Waals surface area contributed by atoms with Gasteiger partial charge in [-0.1, -0.05) is 29.2 Å². The second kappa shape index (κ2) is 4.98. The van der Waals surface area contributed by atoms with E-state index in [9.17, 15) is 4.79 Å². The fraction of sp³-hybridized carbons (Fsp3) is 0.0909. The van der Waals surface area contributed by atoms with Gasteiger partial charge >= 0.3 is 0 Å². The van der Waals surface area contributed by atoms with E-state index in [-0.39, 0.29) is 5.56 Å². The number of nitrogens with zero attached hydrogens (tertiary/aromatic N) is 4. The number of aromatic nitrogens is 4. The molecular weight excluding hydrogens is 282 g/mol. The summed E-state index contributed by atoms with van der Waals surface area (Å²) in [6, 6.07) is 6.99. The lowest BCUT2D eigenvalue weighted by Gasteiger charge is -2.02. The first-order valence-corrected chi connectivity index (χ1v) is 7.22. The molecule has 3 rings (SSSR count). The second-order valence-corrected chi connectivity index (χ2v) is 5.94. The standard InChI is InChI=1S/C11H9N5OS2/c12-10-14-15-11(19-10)18-6-7-5-9(17)16-4-2-1-3-8(16)13-7/h1-5H,6H2,(H2,12,14). The number of hydrogen-bond donors (Lipinski definition) is 1. The van der Waals surface area contributed by atoms with E-state index in [1.54, 1.807) is 18.3 Å². The molecule has 96 valence electrons. The number of nitrogen functional groups attached to an aromatic ring is 1. The Morgan fingerprint density at radius 2 is 2.26 bits per heavy atom. The monoisotopic (exact) mass is 291 g/mol. The van der Waals surface area contributed by atoms with Gasteiger partial charge in [-0.2, -0.15) is 0 Å². The zero-order valence-corrected chi connectivity index (χ0v) is 11.3. The van der Waals surface area contributed by atoms with Crippen LogP contribution in [0.4, 0.5) is 5.13 Å². The molecule has 0 aliphatic rings. The Bertz CT molecular complexity index is 782. The summed E-state index contributed by atoms with van der Waals surface area (Å²) in [5.41, 5.74) is 6.78. The summed E-state index contributed by atoms with van der Waals surface area (Å²) in [6.07, 6.45) is 1.70. The predicted molar refractivity (Wildman–Crippen MR) is 75.3 cm³/mol. The molecule has 3 aromatic heterocycles. The minimum Gasteiger partial charge on any atom is -0.374 e. The van der Waals surface area contributed by atoms with Gasteiger partial charge in [0, 0.05) is 18.0 Å². The first kappa shape index (κ1) is 12.1. The largest absolute Gasteiger partial charge is 0.374 e. The highest BCUT2D eigenvalue weighted by Gasteiger charge is 2.05. The summed E-state index contributed by atoms with van der Waals surface area (Å²) in [6.45, 7) is 0. The van der Waals surface area contributed by atoms with Gasteiger partial charge in [-0.05, 0) is 12.1 Å². The third kappa shape index (κ3) is 2.59. The van der Waals surface area contributed by atoms with Crippen LogP contribution in [0.15, 0.2) is 39.6 Å². The molecule has 8 heteroatoms. The fourth-order valence-corrected chi connectivity index (χ4v) is 3.12. The second-order valence-electron chi connectivity index (χ2n) is 3.71. The van der Waals surface area contributed by atoms with Crippen LogP contribution in [-0.4, -0.2) is 19.6 Å². The van der Waals surface area contributed by atoms with Gasteiger partial charge < -0.3 is 5.73 Å². The van der Waals surface area contributed by atoms with Crippen molar-refractivity contribution in [3.8, 4) is 0 Å². The Labute approximate surface area is 116 Å². The summed E-state index contributed by atoms with van der Waals surface area (Å²) < 4.78 is 2.28. The zero-order valence-electron chi connectivity index (χ0n) is 9.68. The molecule has 0 radical (unpaired) electrons. The minimum atomic E-state index is -0.0852. The molecular formula is C11H9N5OS2. The van der Waals surface area contributed by atoms with E-state index in [4.69, 9.17) is 5.73 Å². The van der Waals surface area contributed by atoms with Crippen LogP contribution in [0.2, 0.25) is 0 Å². The molecule has 2 N–H and O–H groups in total. The Balaban J connectivity index is 1.87. The van der Waals surface area contributed by atoms with Gasteiger partial charge in [0.1, 0.15) is 5.65 Å². The lowest BCUT2D eigenvalue weighted by atomic mass is 10.4. The normalized spacial score (nSPS) is 10.9. The van der Waals surface area contributed by atoms with Crippen molar-refractivity contribution < 1.29 is 0 Å². The van der Waals surface area contributed by atoms with E-state index in [0.717, 1.165) is 10.0 Å². The molecule has 0 fully saturated rings. The number of fused-ring (bicyclic) bond motifs is 1. The molecule has 0 aliphatic heterocycles. The summed E-state index contributed by atoms with van der Waals surface area (Å²) >= 11 is 2.79. The highest BCUT2D eigenvalue weighted by Crippen LogP contribution is 2.25. The van der Waals surface area contributed by atoms with E-state index in [1.807, 2.05) is 6.07 Å². The average molecular weight is 291 g/mol. The van der Waals surface area contributed by atoms with Gasteiger partial charge in [0.2, 0.25) is 5.13 Å². The molecule has 19 heavy (non-hydrogen) atoms. The van der Waals surface area contributed by atoms with Gasteiger partial charge in [0.15, 0.2) is 4.34 Å². The average Bonchev–Trinajstić information content (AvgIpc) is 2.82. The first-order chi connectivity index (χ1) is 9.22. The Morgan fingerprint density at radius 1 is 1.37 bits per heavy atom. The molecule has 0 atom stereocenters. The first-order valence-electron chi connectivity index (χ1n) is 5.41. The van der Waals surface area contributed by atoms with E-state index >= 15 is 0 Å². The van der Waals surface area contributed by atoms with Crippen LogP contribution in [0, 0.1) is 0 Å². The maximum Gasteiger partial charge on any atom is 0.258 e. The molecule has 0 saturated carbocycles. The molecule has 6 nitrogen and oxygen atoms in total. The van der Waals surface area contributed by atoms with Crippen LogP contribution >= 0.6 is 23.1 Å². The van der Waals surface area contributed by atoms with E-state index in [0.29, 0.717) is 16.5 Å². The maximum absolute atomic E-state index is 11.9. The van der Waals surface area contributed by atoms with Gasteiger partial charge in [-0.3, -0.25) is 9.20 Å². The number of pyridine rings is 1. The summed E-state index contributed by atoms with van der Waals surface area (Å²) in [4.78, 5) is 16.3. The third-order valence-corrected chi connectivity index (χ3v) is 4.31. The van der Waals surface area contributed by atoms with Gasteiger partial charge in [0.25, 0.3) is 5.56 Å². The highest BCUT2D eigenvalue weighted by atomic mass is 32.2. The number of nitrogens with two attached hydrogens (primary N) is 1. The van der Waals surface area contributed by atoms with Crippen LogP contribution in [0.3, 0.4) is 0 Å². The molecule has 0 spiro atoms. The molecule has 0 aromatic carbocycles. The predicted octanol–water partition coefficient (Wildman–Crippen LogP) is 1.42. The number of hydrogen-bond acceptors (Lipinski definition) is 7. The lowest BCUT2D eigenvalue weighted by Crippen LogP contribution is -2.14. The van der Waals surface area contributed by atoms with Gasteiger partial charge in [-0.15, -0.1) is 10.2 Å². The van der Waals surface area contributed by atoms with Gasteiger partial charge in [-0.25, -0.2) is 4.98 Å². The van der Waals surface area contributed by atoms with E-state index in [1.165, 1.54) is 33.6 Å². The highest BCUT2D eigenvalue weighted by molar-refractivity contribution is 8.00. The third-order valence-electron chi connectivity index (χ3n) is 2.39. The van der Waals surface area contributed by atoms with Crippen molar-refractivity contribution in [3.63, 3.8) is 0 Å². The van der Waals surface area contributed by atoms with Crippen LogP contribution in [0.1, 0.15) is 5.69 Å². The van der Waals surface area contributed by atoms with Crippen LogP contribution < -0.4 is 11.3 Å². The zero-order chi connectivity index (χ0) is 13.2.